The number of aromatic hydroxyl groups is 1. The Morgan fingerprint density at radius 2 is 1.81 bits per heavy atom. The number of carbonyl (C=O) groups is 1. The zero-order valence-corrected chi connectivity index (χ0v) is 13.6. The summed E-state index contributed by atoms with van der Waals surface area (Å²) < 4.78 is 0.353. The minimum absolute atomic E-state index is 0.0203. The molecule has 5 heteroatoms. The number of carbonyl (C=O) groups excluding carboxylic acids is 1. The third kappa shape index (κ3) is 3.92. The minimum atomic E-state index is -0.552. The number of allylic oxidation sites excluding steroid dienone is 1. The van der Waals surface area contributed by atoms with Gasteiger partial charge in [-0.15, -0.1) is 0 Å². The normalized spacial score (nSPS) is 10.8. The molecule has 0 heterocycles. The van der Waals surface area contributed by atoms with Crippen LogP contribution in [0.25, 0.3) is 6.08 Å². The second kappa shape index (κ2) is 6.87. The molecule has 106 valence electrons. The van der Waals surface area contributed by atoms with Crippen molar-refractivity contribution in [3.05, 3.63) is 78.5 Å². The molecule has 21 heavy (non-hydrogen) atoms. The van der Waals surface area contributed by atoms with Crippen LogP contribution >= 0.6 is 34.2 Å². The van der Waals surface area contributed by atoms with Crippen LogP contribution in [0.2, 0.25) is 5.02 Å². The average Bonchev–Trinajstić information content (AvgIpc) is 2.60. The first-order valence-corrected chi connectivity index (χ1v) is 7.44. The molecule has 2 aromatic rings. The van der Waals surface area contributed by atoms with Crippen LogP contribution < -0.4 is 5.43 Å². The molecule has 0 aliphatic heterocycles. The molecule has 2 aromatic carbocycles. The highest BCUT2D eigenvalue weighted by atomic mass is 127. The molecule has 1 N–H and O–H groups in total. The number of halogens is 2. The predicted octanol–water partition coefficient (Wildman–Crippen LogP) is 3.91. The van der Waals surface area contributed by atoms with Crippen molar-refractivity contribution in [2.45, 2.75) is 0 Å². The van der Waals surface area contributed by atoms with E-state index in [-0.39, 0.29) is 5.56 Å². The van der Waals surface area contributed by atoms with Crippen molar-refractivity contribution in [3.8, 4) is 5.75 Å². The van der Waals surface area contributed by atoms with Gasteiger partial charge in [-0.05, 0) is 58.5 Å². The molecule has 0 amide bonds. The molecule has 0 aromatic heterocycles. The van der Waals surface area contributed by atoms with E-state index < -0.39 is 17.0 Å². The molecule has 0 bridgehead atoms. The van der Waals surface area contributed by atoms with Crippen LogP contribution in [0.15, 0.2) is 53.3 Å². The first-order chi connectivity index (χ1) is 9.99. The van der Waals surface area contributed by atoms with Gasteiger partial charge in [0.05, 0.1) is 9.13 Å². The monoisotopic (exact) mass is 412 g/mol. The Kier molecular flexibility index (Phi) is 5.14. The largest absolute Gasteiger partial charge is 0.504 e. The second-order valence-corrected chi connectivity index (χ2v) is 5.81. The Hall–Kier alpha value is -1.66. The number of hydrogen-bond acceptors (Lipinski definition) is 3. The van der Waals surface area contributed by atoms with Crippen molar-refractivity contribution < 1.29 is 9.90 Å². The van der Waals surface area contributed by atoms with Crippen molar-refractivity contribution in [2.75, 3.05) is 0 Å². The summed E-state index contributed by atoms with van der Waals surface area (Å²) >= 11 is 7.59. The van der Waals surface area contributed by atoms with E-state index in [4.69, 9.17) is 11.6 Å². The summed E-state index contributed by atoms with van der Waals surface area (Å²) in [4.78, 5) is 23.9. The van der Waals surface area contributed by atoms with Crippen molar-refractivity contribution >= 4 is 46.1 Å². The molecule has 0 atom stereocenters. The van der Waals surface area contributed by atoms with E-state index in [1.54, 1.807) is 42.5 Å². The van der Waals surface area contributed by atoms with Gasteiger partial charge >= 0.3 is 0 Å². The Morgan fingerprint density at radius 3 is 2.48 bits per heavy atom. The van der Waals surface area contributed by atoms with E-state index in [9.17, 15) is 14.7 Å². The third-order valence-electron chi connectivity index (χ3n) is 2.76. The van der Waals surface area contributed by atoms with Crippen molar-refractivity contribution in [1.29, 1.82) is 0 Å². The van der Waals surface area contributed by atoms with Gasteiger partial charge in [0.1, 0.15) is 0 Å². The molecule has 0 fully saturated rings. The van der Waals surface area contributed by atoms with Gasteiger partial charge < -0.3 is 5.11 Å². The zero-order valence-electron chi connectivity index (χ0n) is 10.7. The fraction of sp³-hybridized carbons (Fsp3) is 0. The van der Waals surface area contributed by atoms with Gasteiger partial charge in [0.15, 0.2) is 11.5 Å². The summed E-state index contributed by atoms with van der Waals surface area (Å²) in [5.74, 6) is -0.971. The van der Waals surface area contributed by atoms with Gasteiger partial charge in [-0.2, -0.15) is 0 Å². The van der Waals surface area contributed by atoms with Gasteiger partial charge in [-0.3, -0.25) is 9.59 Å². The summed E-state index contributed by atoms with van der Waals surface area (Å²) in [6.07, 6.45) is 2.91. The Labute approximate surface area is 140 Å². The van der Waals surface area contributed by atoms with E-state index in [1.165, 1.54) is 12.1 Å². The van der Waals surface area contributed by atoms with Crippen LogP contribution in [0.5, 0.6) is 5.75 Å². The molecule has 0 aliphatic carbocycles. The summed E-state index contributed by atoms with van der Waals surface area (Å²) in [6, 6.07) is 11.5. The second-order valence-electron chi connectivity index (χ2n) is 4.21. The smallest absolute Gasteiger partial charge is 0.234 e. The van der Waals surface area contributed by atoms with Gasteiger partial charge in [-0.25, -0.2) is 0 Å². The predicted molar refractivity (Wildman–Crippen MR) is 91.9 cm³/mol. The molecule has 2 rings (SSSR count). The summed E-state index contributed by atoms with van der Waals surface area (Å²) in [5, 5.41) is 10.5. The number of hydrogen-bond donors (Lipinski definition) is 1. The summed E-state index contributed by atoms with van der Waals surface area (Å²) in [5.41, 5.74) is 0.224. The lowest BCUT2D eigenvalue weighted by molar-refractivity contribution is 0.104. The van der Waals surface area contributed by atoms with Crippen molar-refractivity contribution in [3.63, 3.8) is 0 Å². The highest BCUT2D eigenvalue weighted by Crippen LogP contribution is 2.15. The Balaban J connectivity index is 2.34. The number of rotatable bonds is 3. The molecule has 0 aliphatic rings. The quantitative estimate of drug-likeness (QED) is 0.472. The van der Waals surface area contributed by atoms with Crippen molar-refractivity contribution in [2.24, 2.45) is 0 Å². The lowest BCUT2D eigenvalue weighted by atomic mass is 10.1. The van der Waals surface area contributed by atoms with E-state index in [0.29, 0.717) is 8.59 Å². The summed E-state index contributed by atoms with van der Waals surface area (Å²) in [7, 11) is 0. The fourth-order valence-corrected chi connectivity index (χ4v) is 2.24. The SMILES string of the molecule is O=C(C=Cc1ccc(Cl)cc1)c1cccc(I)c(=O)c1O. The van der Waals surface area contributed by atoms with Gasteiger partial charge in [0.2, 0.25) is 5.43 Å². The zero-order chi connectivity index (χ0) is 15.4. The Morgan fingerprint density at radius 1 is 1.14 bits per heavy atom. The van der Waals surface area contributed by atoms with E-state index in [0.717, 1.165) is 5.56 Å². The van der Waals surface area contributed by atoms with Crippen LogP contribution in [0.3, 0.4) is 0 Å². The van der Waals surface area contributed by atoms with Crippen LogP contribution in [-0.2, 0) is 0 Å². The molecule has 3 nitrogen and oxygen atoms in total. The highest BCUT2D eigenvalue weighted by molar-refractivity contribution is 14.1. The van der Waals surface area contributed by atoms with Crippen molar-refractivity contribution in [1.82, 2.24) is 0 Å². The lowest BCUT2D eigenvalue weighted by Crippen LogP contribution is -2.04. The number of benzene rings is 1. The molecule has 0 radical (unpaired) electrons. The number of ketones is 1. The third-order valence-corrected chi connectivity index (χ3v) is 3.86. The molecule has 0 spiro atoms. The van der Waals surface area contributed by atoms with E-state index in [1.807, 2.05) is 22.6 Å². The maximum Gasteiger partial charge on any atom is 0.234 e. The van der Waals surface area contributed by atoms with E-state index in [2.05, 4.69) is 0 Å². The first kappa shape index (κ1) is 15.7. The molecular weight excluding hydrogens is 403 g/mol. The summed E-state index contributed by atoms with van der Waals surface area (Å²) in [6.45, 7) is 0. The maximum atomic E-state index is 12.1. The lowest BCUT2D eigenvalue weighted by Gasteiger charge is -1.96. The topological polar surface area (TPSA) is 54.4 Å². The maximum absolute atomic E-state index is 12.1. The minimum Gasteiger partial charge on any atom is -0.504 e. The van der Waals surface area contributed by atoms with Crippen LogP contribution in [0, 0.1) is 3.57 Å². The van der Waals surface area contributed by atoms with Gasteiger partial charge in [0, 0.05) is 5.02 Å². The fourth-order valence-electron chi connectivity index (χ4n) is 1.65. The average molecular weight is 413 g/mol. The molecule has 0 saturated carbocycles. The van der Waals surface area contributed by atoms with Gasteiger partial charge in [0.25, 0.3) is 0 Å². The standard InChI is InChI=1S/C16H10ClIO3/c17-11-7-4-10(5-8-11)6-9-14(19)12-2-1-3-13(18)16(21)15(12)20/h1-9H,(H,20,21). The molecular formula is C16H10ClIO3. The highest BCUT2D eigenvalue weighted by Gasteiger charge is 2.11. The molecule has 0 unspecified atom stereocenters. The first-order valence-electron chi connectivity index (χ1n) is 5.99. The Bertz CT molecular complexity index is 767. The molecule has 0 saturated heterocycles. The van der Waals surface area contributed by atoms with E-state index >= 15 is 0 Å². The van der Waals surface area contributed by atoms with Crippen LogP contribution in [0.4, 0.5) is 0 Å². The van der Waals surface area contributed by atoms with Crippen LogP contribution in [-0.4, -0.2) is 10.9 Å². The van der Waals surface area contributed by atoms with Gasteiger partial charge in [-0.1, -0.05) is 35.9 Å². The van der Waals surface area contributed by atoms with Crippen LogP contribution in [0.1, 0.15) is 15.9 Å².